The van der Waals surface area contributed by atoms with Crippen LogP contribution in [0.3, 0.4) is 0 Å². The molecular formula is C20H21N5O2. The number of hydrogen-bond acceptors (Lipinski definition) is 4. The molecule has 0 saturated heterocycles. The van der Waals surface area contributed by atoms with E-state index in [4.69, 9.17) is 0 Å². The van der Waals surface area contributed by atoms with Gasteiger partial charge in [0.15, 0.2) is 0 Å². The van der Waals surface area contributed by atoms with Gasteiger partial charge >= 0.3 is 0 Å². The monoisotopic (exact) mass is 363 g/mol. The zero-order valence-electron chi connectivity index (χ0n) is 15.4. The number of carbonyl (C=O) groups is 2. The second-order valence-electron chi connectivity index (χ2n) is 6.37. The van der Waals surface area contributed by atoms with E-state index in [1.54, 1.807) is 37.3 Å². The summed E-state index contributed by atoms with van der Waals surface area (Å²) in [6.07, 6.45) is 2.88. The Bertz CT molecular complexity index is 949. The highest BCUT2D eigenvalue weighted by atomic mass is 16.2. The average Bonchev–Trinajstić information content (AvgIpc) is 3.19. The maximum Gasteiger partial charge on any atom is 0.255 e. The van der Waals surface area contributed by atoms with Crippen molar-refractivity contribution in [1.29, 1.82) is 0 Å². The molecule has 3 rings (SSSR count). The molecule has 1 aromatic heterocycles. The molecule has 7 heteroatoms. The average molecular weight is 363 g/mol. The van der Waals surface area contributed by atoms with Crippen molar-refractivity contribution in [3.8, 4) is 0 Å². The van der Waals surface area contributed by atoms with Gasteiger partial charge in [0.1, 0.15) is 18.7 Å². The van der Waals surface area contributed by atoms with Crippen LogP contribution in [0.15, 0.2) is 55.1 Å². The topological polar surface area (TPSA) is 88.9 Å². The third-order valence-corrected chi connectivity index (χ3v) is 4.39. The number of nitrogens with zero attached hydrogens (tertiary/aromatic N) is 3. The predicted molar refractivity (Wildman–Crippen MR) is 104 cm³/mol. The molecule has 0 saturated carbocycles. The van der Waals surface area contributed by atoms with Crippen molar-refractivity contribution < 1.29 is 9.59 Å². The normalized spacial score (nSPS) is 11.7. The molecule has 0 fully saturated rings. The highest BCUT2D eigenvalue weighted by Gasteiger charge is 2.15. The Morgan fingerprint density at radius 1 is 0.963 bits per heavy atom. The van der Waals surface area contributed by atoms with E-state index in [9.17, 15) is 9.59 Å². The number of aromatic nitrogens is 3. The molecule has 3 aromatic rings. The van der Waals surface area contributed by atoms with E-state index >= 15 is 0 Å². The third-order valence-electron chi connectivity index (χ3n) is 4.39. The van der Waals surface area contributed by atoms with Crippen molar-refractivity contribution in [2.75, 3.05) is 10.6 Å². The zero-order valence-corrected chi connectivity index (χ0v) is 15.4. The molecule has 1 atom stereocenters. The number of hydrogen-bond donors (Lipinski definition) is 2. The van der Waals surface area contributed by atoms with E-state index in [1.165, 1.54) is 17.3 Å². The quantitative estimate of drug-likeness (QED) is 0.727. The fourth-order valence-corrected chi connectivity index (χ4v) is 2.51. The molecule has 0 spiro atoms. The summed E-state index contributed by atoms with van der Waals surface area (Å²) in [4.78, 5) is 28.5. The zero-order chi connectivity index (χ0) is 19.4. The number of rotatable bonds is 5. The lowest BCUT2D eigenvalue weighted by Gasteiger charge is -2.12. The standard InChI is InChI=1S/C20H21N5O2/c1-13-4-5-16(10-14(13)2)20(27)24-18-8-6-17(7-9-18)23-19(26)15(3)25-12-21-11-22-25/h4-12,15H,1-3H3,(H,23,26)(H,24,27). The Morgan fingerprint density at radius 2 is 1.63 bits per heavy atom. The largest absolute Gasteiger partial charge is 0.324 e. The second-order valence-corrected chi connectivity index (χ2v) is 6.37. The Balaban J connectivity index is 1.62. The van der Waals surface area contributed by atoms with Crippen LogP contribution in [0.4, 0.5) is 11.4 Å². The second kappa shape index (κ2) is 7.82. The van der Waals surface area contributed by atoms with Crippen LogP contribution in [0, 0.1) is 13.8 Å². The van der Waals surface area contributed by atoms with Gasteiger partial charge in [0.25, 0.3) is 5.91 Å². The number of benzene rings is 2. The number of nitrogens with one attached hydrogen (secondary N) is 2. The van der Waals surface area contributed by atoms with Crippen molar-refractivity contribution in [2.24, 2.45) is 0 Å². The van der Waals surface area contributed by atoms with Crippen molar-refractivity contribution in [2.45, 2.75) is 26.8 Å². The number of anilines is 2. The van der Waals surface area contributed by atoms with Crippen molar-refractivity contribution in [3.63, 3.8) is 0 Å². The molecule has 0 aliphatic carbocycles. The molecule has 0 aliphatic rings. The molecule has 0 radical (unpaired) electrons. The number of aryl methyl sites for hydroxylation is 2. The van der Waals surface area contributed by atoms with Gasteiger partial charge in [0.2, 0.25) is 5.91 Å². The molecule has 0 aliphatic heterocycles. The Morgan fingerprint density at radius 3 is 2.22 bits per heavy atom. The lowest BCUT2D eigenvalue weighted by atomic mass is 10.1. The summed E-state index contributed by atoms with van der Waals surface area (Å²) in [6.45, 7) is 5.72. The summed E-state index contributed by atoms with van der Waals surface area (Å²) in [7, 11) is 0. The van der Waals surface area contributed by atoms with Crippen LogP contribution in [0.2, 0.25) is 0 Å². The van der Waals surface area contributed by atoms with E-state index in [-0.39, 0.29) is 11.8 Å². The first-order valence-corrected chi connectivity index (χ1v) is 8.57. The first-order valence-electron chi connectivity index (χ1n) is 8.57. The lowest BCUT2D eigenvalue weighted by molar-refractivity contribution is -0.119. The molecule has 27 heavy (non-hydrogen) atoms. The van der Waals surface area contributed by atoms with E-state index < -0.39 is 6.04 Å². The fraction of sp³-hybridized carbons (Fsp3) is 0.200. The van der Waals surface area contributed by atoms with E-state index in [2.05, 4.69) is 20.7 Å². The smallest absolute Gasteiger partial charge is 0.255 e. The van der Waals surface area contributed by atoms with Crippen LogP contribution in [-0.2, 0) is 4.79 Å². The minimum atomic E-state index is -0.475. The van der Waals surface area contributed by atoms with Gasteiger partial charge in [-0.3, -0.25) is 9.59 Å². The van der Waals surface area contributed by atoms with Crippen LogP contribution < -0.4 is 10.6 Å². The van der Waals surface area contributed by atoms with E-state index in [0.717, 1.165) is 11.1 Å². The SMILES string of the molecule is Cc1ccc(C(=O)Nc2ccc(NC(=O)C(C)n3cncn3)cc2)cc1C. The van der Waals surface area contributed by atoms with Crippen LogP contribution in [0.25, 0.3) is 0 Å². The predicted octanol–water partition coefficient (Wildman–Crippen LogP) is 3.35. The van der Waals surface area contributed by atoms with Gasteiger partial charge in [-0.1, -0.05) is 6.07 Å². The third kappa shape index (κ3) is 4.38. The highest BCUT2D eigenvalue weighted by molar-refractivity contribution is 6.04. The maximum absolute atomic E-state index is 12.4. The molecule has 2 N–H and O–H groups in total. The van der Waals surface area contributed by atoms with Gasteiger partial charge in [0.05, 0.1) is 0 Å². The van der Waals surface area contributed by atoms with Gasteiger partial charge in [0, 0.05) is 16.9 Å². The van der Waals surface area contributed by atoms with Crippen molar-refractivity contribution in [3.05, 3.63) is 71.8 Å². The molecule has 2 aromatic carbocycles. The summed E-state index contributed by atoms with van der Waals surface area (Å²) in [6, 6.07) is 12.1. The molecule has 7 nitrogen and oxygen atoms in total. The molecule has 138 valence electrons. The molecule has 0 bridgehead atoms. The Kier molecular flexibility index (Phi) is 5.30. The summed E-state index contributed by atoms with van der Waals surface area (Å²) < 4.78 is 1.48. The van der Waals surface area contributed by atoms with Gasteiger partial charge in [-0.2, -0.15) is 5.10 Å². The molecule has 2 amide bonds. The Labute approximate surface area is 157 Å². The maximum atomic E-state index is 12.4. The minimum Gasteiger partial charge on any atom is -0.324 e. The van der Waals surface area contributed by atoms with Gasteiger partial charge in [-0.25, -0.2) is 9.67 Å². The fourth-order valence-electron chi connectivity index (χ4n) is 2.51. The Hall–Kier alpha value is -3.48. The van der Waals surface area contributed by atoms with E-state index in [0.29, 0.717) is 16.9 Å². The van der Waals surface area contributed by atoms with Crippen LogP contribution in [-0.4, -0.2) is 26.6 Å². The molecule has 1 unspecified atom stereocenters. The summed E-state index contributed by atoms with van der Waals surface area (Å²) in [5.41, 5.74) is 4.11. The summed E-state index contributed by atoms with van der Waals surface area (Å²) in [5.74, 6) is -0.373. The summed E-state index contributed by atoms with van der Waals surface area (Å²) >= 11 is 0. The van der Waals surface area contributed by atoms with Crippen LogP contribution >= 0.6 is 0 Å². The first-order chi connectivity index (χ1) is 12.9. The lowest BCUT2D eigenvalue weighted by Crippen LogP contribution is -2.24. The molecular weight excluding hydrogens is 342 g/mol. The minimum absolute atomic E-state index is 0.172. The number of carbonyl (C=O) groups excluding carboxylic acids is 2. The summed E-state index contributed by atoms with van der Waals surface area (Å²) in [5, 5.41) is 9.64. The van der Waals surface area contributed by atoms with Gasteiger partial charge < -0.3 is 10.6 Å². The van der Waals surface area contributed by atoms with Crippen LogP contribution in [0.1, 0.15) is 34.5 Å². The van der Waals surface area contributed by atoms with Crippen molar-refractivity contribution in [1.82, 2.24) is 14.8 Å². The van der Waals surface area contributed by atoms with Crippen molar-refractivity contribution >= 4 is 23.2 Å². The van der Waals surface area contributed by atoms with Gasteiger partial charge in [-0.05, 0) is 68.3 Å². The first kappa shape index (κ1) is 18.3. The van der Waals surface area contributed by atoms with Gasteiger partial charge in [-0.15, -0.1) is 0 Å². The number of amides is 2. The van der Waals surface area contributed by atoms with Crippen LogP contribution in [0.5, 0.6) is 0 Å². The highest BCUT2D eigenvalue weighted by Crippen LogP contribution is 2.17. The van der Waals surface area contributed by atoms with E-state index in [1.807, 2.05) is 26.0 Å². The molecule has 1 heterocycles.